The number of hydrogen-bond acceptors (Lipinski definition) is 8. The van der Waals surface area contributed by atoms with E-state index in [0.29, 0.717) is 46.6 Å². The van der Waals surface area contributed by atoms with Gasteiger partial charge in [-0.2, -0.15) is 0 Å². The summed E-state index contributed by atoms with van der Waals surface area (Å²) in [5, 5.41) is 0.308. The molecule has 3 aliphatic rings. The molecule has 5 heterocycles. The number of piperidine rings is 1. The molecule has 12 heteroatoms. The highest BCUT2D eigenvalue weighted by Crippen LogP contribution is 2.50. The summed E-state index contributed by atoms with van der Waals surface area (Å²) < 4.78 is 55.0. The van der Waals surface area contributed by atoms with Crippen molar-refractivity contribution in [2.45, 2.75) is 57.1 Å². The quantitative estimate of drug-likeness (QED) is 0.213. The predicted molar refractivity (Wildman–Crippen MR) is 157 cm³/mol. The van der Waals surface area contributed by atoms with Crippen molar-refractivity contribution in [3.8, 4) is 11.5 Å². The van der Waals surface area contributed by atoms with Gasteiger partial charge in [-0.3, -0.25) is 4.90 Å². The van der Waals surface area contributed by atoms with Gasteiger partial charge in [0.15, 0.2) is 22.2 Å². The predicted octanol–water partition coefficient (Wildman–Crippen LogP) is 6.63. The van der Waals surface area contributed by atoms with E-state index >= 15 is 4.39 Å². The summed E-state index contributed by atoms with van der Waals surface area (Å²) >= 11 is 6.98. The zero-order valence-electron chi connectivity index (χ0n) is 23.7. The monoisotopic (exact) mass is 629 g/mol. The number of aromatic nitrogens is 2. The third-order valence-electron chi connectivity index (χ3n) is 8.59. The first-order valence-corrected chi connectivity index (χ1v) is 15.5. The molecular weight excluding hydrogens is 600 g/mol. The van der Waals surface area contributed by atoms with E-state index in [2.05, 4.69) is 4.90 Å². The van der Waals surface area contributed by atoms with Crippen LogP contribution in [0, 0.1) is 11.6 Å². The average molecular weight is 630 g/mol. The van der Waals surface area contributed by atoms with E-state index in [9.17, 15) is 9.18 Å². The molecule has 2 saturated heterocycles. The second-order valence-corrected chi connectivity index (χ2v) is 12.7. The van der Waals surface area contributed by atoms with Crippen LogP contribution >= 0.6 is 22.9 Å². The van der Waals surface area contributed by atoms with Crippen molar-refractivity contribution >= 4 is 39.3 Å². The first kappa shape index (κ1) is 28.5. The number of likely N-dealkylation sites (tertiary alicyclic amines) is 1. The van der Waals surface area contributed by atoms with Crippen LogP contribution in [0.3, 0.4) is 0 Å². The molecule has 226 valence electrons. The lowest BCUT2D eigenvalue weighted by molar-refractivity contribution is -0.0712. The Morgan fingerprint density at radius 3 is 2.67 bits per heavy atom. The Balaban J connectivity index is 1.08. The minimum absolute atomic E-state index is 0.00260. The Hall–Kier alpha value is -3.25. The molecule has 2 aromatic heterocycles. The van der Waals surface area contributed by atoms with Crippen LogP contribution in [0.2, 0.25) is 5.02 Å². The number of esters is 1. The lowest BCUT2D eigenvalue weighted by Crippen LogP contribution is -2.35. The average Bonchev–Trinajstić information content (AvgIpc) is 3.60. The first-order chi connectivity index (χ1) is 20.7. The fraction of sp³-hybridized carbons (Fsp3) is 0.419. The van der Waals surface area contributed by atoms with E-state index in [4.69, 9.17) is 35.5 Å². The SMILES string of the molecule is COC(=O)c1sc2nc(CN3CCC(c4cccc5c4O[C@@](C)(c4ccc(Cl)cc4F)O5)CC3)n(C[C@@H]3CCO3)c2c1F. The normalized spacial score (nSPS) is 22.2. The maximum atomic E-state index is 15.4. The molecule has 2 aromatic carbocycles. The van der Waals surface area contributed by atoms with E-state index in [0.717, 1.165) is 55.1 Å². The number of thiophene rings is 1. The number of fused-ring (bicyclic) bond motifs is 2. The van der Waals surface area contributed by atoms with Crippen molar-refractivity contribution in [3.05, 3.63) is 74.9 Å². The number of rotatable bonds is 7. The molecule has 4 aromatic rings. The van der Waals surface area contributed by atoms with Crippen molar-refractivity contribution in [2.24, 2.45) is 0 Å². The maximum Gasteiger partial charge on any atom is 0.351 e. The van der Waals surface area contributed by atoms with Crippen LogP contribution in [0.5, 0.6) is 11.5 Å². The number of para-hydroxylation sites is 1. The lowest BCUT2D eigenvalue weighted by atomic mass is 9.88. The molecule has 0 bridgehead atoms. The molecule has 0 radical (unpaired) electrons. The smallest absolute Gasteiger partial charge is 0.351 e. The van der Waals surface area contributed by atoms with Crippen LogP contribution < -0.4 is 9.47 Å². The summed E-state index contributed by atoms with van der Waals surface area (Å²) in [6.45, 7) is 5.04. The number of hydrogen-bond donors (Lipinski definition) is 0. The first-order valence-electron chi connectivity index (χ1n) is 14.3. The highest BCUT2D eigenvalue weighted by molar-refractivity contribution is 7.20. The number of imidazole rings is 1. The molecule has 0 unspecified atom stereocenters. The number of methoxy groups -OCH3 is 1. The Labute approximate surface area is 256 Å². The van der Waals surface area contributed by atoms with Crippen LogP contribution in [-0.2, 0) is 28.4 Å². The van der Waals surface area contributed by atoms with Crippen LogP contribution in [0.15, 0.2) is 36.4 Å². The Morgan fingerprint density at radius 1 is 1.19 bits per heavy atom. The molecule has 7 rings (SSSR count). The number of nitrogens with zero attached hydrogens (tertiary/aromatic N) is 3. The minimum Gasteiger partial charge on any atom is -0.465 e. The Morgan fingerprint density at radius 2 is 1.98 bits per heavy atom. The standard InChI is InChI=1S/C31H30ClF2N3O5S/c1-31(21-7-6-18(32)14-22(21)33)41-23-5-3-4-20(27(23)42-31)17-8-11-36(12-9-17)16-24-35-29-26(37(24)15-19-10-13-40-19)25(34)28(43-29)30(38)39-2/h3-7,14,17,19H,8-13,15-16H2,1-2H3/t19-,31-/m0/s1. The molecule has 3 aliphatic heterocycles. The zero-order chi connectivity index (χ0) is 29.9. The molecule has 0 N–H and O–H groups in total. The highest BCUT2D eigenvalue weighted by atomic mass is 35.5. The summed E-state index contributed by atoms with van der Waals surface area (Å²) in [6, 6.07) is 10.3. The van der Waals surface area contributed by atoms with Crippen LogP contribution in [0.1, 0.15) is 58.7 Å². The van der Waals surface area contributed by atoms with Crippen molar-refractivity contribution < 1.29 is 32.5 Å². The molecule has 2 atom stereocenters. The Bertz CT molecular complexity index is 1720. The Kier molecular flexibility index (Phi) is 7.32. The maximum absolute atomic E-state index is 15.4. The largest absolute Gasteiger partial charge is 0.465 e. The van der Waals surface area contributed by atoms with Gasteiger partial charge in [0.2, 0.25) is 0 Å². The van der Waals surface area contributed by atoms with Crippen molar-refractivity contribution in [3.63, 3.8) is 0 Å². The lowest BCUT2D eigenvalue weighted by Gasteiger charge is -2.33. The summed E-state index contributed by atoms with van der Waals surface area (Å²) in [5.41, 5.74) is 1.66. The van der Waals surface area contributed by atoms with Gasteiger partial charge in [0.05, 0.1) is 31.9 Å². The van der Waals surface area contributed by atoms with Gasteiger partial charge in [-0.25, -0.2) is 18.6 Å². The van der Waals surface area contributed by atoms with E-state index in [1.807, 2.05) is 22.8 Å². The number of ether oxygens (including phenoxy) is 4. The third kappa shape index (κ3) is 5.05. The van der Waals surface area contributed by atoms with Crippen molar-refractivity contribution in [2.75, 3.05) is 26.8 Å². The molecule has 0 spiro atoms. The second-order valence-electron chi connectivity index (χ2n) is 11.3. The highest BCUT2D eigenvalue weighted by Gasteiger charge is 2.43. The number of carbonyl (C=O) groups excluding carboxylic acids is 1. The van der Waals surface area contributed by atoms with Gasteiger partial charge in [-0.15, -0.1) is 11.3 Å². The molecule has 8 nitrogen and oxygen atoms in total. The molecule has 43 heavy (non-hydrogen) atoms. The van der Waals surface area contributed by atoms with E-state index < -0.39 is 23.4 Å². The van der Waals surface area contributed by atoms with Crippen LogP contribution in [-0.4, -0.2) is 53.3 Å². The van der Waals surface area contributed by atoms with E-state index in [-0.39, 0.29) is 22.5 Å². The van der Waals surface area contributed by atoms with Crippen molar-refractivity contribution in [1.82, 2.24) is 14.5 Å². The van der Waals surface area contributed by atoms with E-state index in [1.165, 1.54) is 13.2 Å². The fourth-order valence-electron chi connectivity index (χ4n) is 6.22. The van der Waals surface area contributed by atoms with E-state index in [1.54, 1.807) is 19.1 Å². The number of carbonyl (C=O) groups is 1. The molecule has 0 amide bonds. The van der Waals surface area contributed by atoms with Gasteiger partial charge in [-0.1, -0.05) is 23.7 Å². The fourth-order valence-corrected chi connectivity index (χ4v) is 7.37. The summed E-state index contributed by atoms with van der Waals surface area (Å²) in [7, 11) is 1.24. The van der Waals surface area contributed by atoms with Gasteiger partial charge < -0.3 is 23.5 Å². The third-order valence-corrected chi connectivity index (χ3v) is 9.86. The van der Waals surface area contributed by atoms with Gasteiger partial charge >= 0.3 is 5.97 Å². The second kappa shape index (κ2) is 11.0. The zero-order valence-corrected chi connectivity index (χ0v) is 25.3. The number of halogens is 3. The van der Waals surface area contributed by atoms with Gasteiger partial charge in [0, 0.05) is 24.1 Å². The summed E-state index contributed by atoms with van der Waals surface area (Å²) in [5.74, 6) is -0.865. The molecular formula is C31H30ClF2N3O5S. The van der Waals surface area contributed by atoms with Gasteiger partial charge in [-0.05, 0) is 62.5 Å². The van der Waals surface area contributed by atoms with Crippen molar-refractivity contribution in [1.29, 1.82) is 0 Å². The number of benzene rings is 2. The minimum atomic E-state index is -1.30. The summed E-state index contributed by atoms with van der Waals surface area (Å²) in [4.78, 5) is 19.6. The molecule has 0 saturated carbocycles. The molecule has 2 fully saturated rings. The van der Waals surface area contributed by atoms with Gasteiger partial charge in [0.1, 0.15) is 22.0 Å². The summed E-state index contributed by atoms with van der Waals surface area (Å²) in [6.07, 6.45) is 2.63. The topological polar surface area (TPSA) is 75.0 Å². The van der Waals surface area contributed by atoms with Crippen LogP contribution in [0.25, 0.3) is 10.3 Å². The van der Waals surface area contributed by atoms with Gasteiger partial charge in [0.25, 0.3) is 5.79 Å². The molecule has 0 aliphatic carbocycles. The van der Waals surface area contributed by atoms with Crippen LogP contribution in [0.4, 0.5) is 8.78 Å².